The molecule has 0 atom stereocenters. The summed E-state index contributed by atoms with van der Waals surface area (Å²) in [6.45, 7) is 5.19. The number of nitrogens with zero attached hydrogens (tertiary/aromatic N) is 6. The lowest BCUT2D eigenvalue weighted by atomic mass is 9.84. The van der Waals surface area contributed by atoms with Crippen molar-refractivity contribution < 1.29 is 9.18 Å². The summed E-state index contributed by atoms with van der Waals surface area (Å²) >= 11 is 0. The molecule has 2 fully saturated rings. The molecule has 0 bridgehead atoms. The second kappa shape index (κ2) is 9.74. The van der Waals surface area contributed by atoms with Gasteiger partial charge < -0.3 is 25.0 Å². The first kappa shape index (κ1) is 23.8. The van der Waals surface area contributed by atoms with Crippen LogP contribution in [0.15, 0.2) is 30.6 Å². The number of carbonyl (C=O) groups is 1. The number of halogens is 1. The normalized spacial score (nSPS) is 18.9. The van der Waals surface area contributed by atoms with Gasteiger partial charge in [0.2, 0.25) is 5.95 Å². The first-order valence-corrected chi connectivity index (χ1v) is 13.1. The van der Waals surface area contributed by atoms with Gasteiger partial charge in [0.05, 0.1) is 29.3 Å². The molecule has 6 heterocycles. The summed E-state index contributed by atoms with van der Waals surface area (Å²) in [5.74, 6) is 1.88. The Bertz CT molecular complexity index is 1290. The van der Waals surface area contributed by atoms with E-state index in [0.717, 1.165) is 42.5 Å². The number of piperidine rings is 1. The van der Waals surface area contributed by atoms with Crippen LogP contribution in [0.4, 0.5) is 21.8 Å². The maximum atomic E-state index is 14.7. The lowest BCUT2D eigenvalue weighted by Gasteiger charge is -2.40. The SMILES string of the molecule is CN1CC(CC2CCN(c3ccc(Nc4ncc(F)c(-c5cc6c(n5C)CCNC6=O)n4)nc3)CC2)C1. The summed E-state index contributed by atoms with van der Waals surface area (Å²) in [7, 11) is 4.03. The van der Waals surface area contributed by atoms with Crippen molar-refractivity contribution in [2.24, 2.45) is 18.9 Å². The largest absolute Gasteiger partial charge is 0.370 e. The van der Waals surface area contributed by atoms with Crippen molar-refractivity contribution in [1.29, 1.82) is 0 Å². The third-order valence-corrected chi connectivity index (χ3v) is 8.01. The highest BCUT2D eigenvalue weighted by Crippen LogP contribution is 2.31. The maximum absolute atomic E-state index is 14.7. The molecule has 0 unspecified atom stereocenters. The number of rotatable bonds is 6. The van der Waals surface area contributed by atoms with Gasteiger partial charge in [-0.1, -0.05) is 0 Å². The zero-order valence-corrected chi connectivity index (χ0v) is 21.4. The Kier molecular flexibility index (Phi) is 6.27. The highest BCUT2D eigenvalue weighted by atomic mass is 19.1. The van der Waals surface area contributed by atoms with Crippen LogP contribution in [0.2, 0.25) is 0 Å². The third kappa shape index (κ3) is 4.77. The number of aromatic nitrogens is 4. The Hall–Kier alpha value is -3.53. The van der Waals surface area contributed by atoms with Gasteiger partial charge >= 0.3 is 0 Å². The smallest absolute Gasteiger partial charge is 0.253 e. The van der Waals surface area contributed by atoms with Crippen molar-refractivity contribution in [3.8, 4) is 11.4 Å². The molecule has 0 aromatic carbocycles. The Labute approximate surface area is 216 Å². The van der Waals surface area contributed by atoms with Crippen molar-refractivity contribution in [1.82, 2.24) is 29.7 Å². The minimum atomic E-state index is -0.542. The van der Waals surface area contributed by atoms with E-state index in [1.165, 1.54) is 32.4 Å². The standard InChI is InChI=1S/C27H33FN8O/c1-34-15-18(16-34)11-17-6-9-36(10-7-17)19-3-4-24(30-13-19)32-27-31-14-21(28)25(33-27)23-12-20-22(35(23)2)5-8-29-26(20)37/h3-4,12-14,17-18H,5-11,15-16H2,1-2H3,(H,29,37)(H,30,31,32,33). The number of hydrogen-bond donors (Lipinski definition) is 2. The summed E-state index contributed by atoms with van der Waals surface area (Å²) in [6, 6.07) is 5.66. The monoisotopic (exact) mass is 504 g/mol. The summed E-state index contributed by atoms with van der Waals surface area (Å²) in [5, 5.41) is 5.92. The van der Waals surface area contributed by atoms with Crippen LogP contribution in [0.3, 0.4) is 0 Å². The molecular weight excluding hydrogens is 471 g/mol. The topological polar surface area (TPSA) is 91.2 Å². The van der Waals surface area contributed by atoms with Gasteiger partial charge in [0.15, 0.2) is 5.82 Å². The number of anilines is 3. The number of pyridine rings is 1. The van der Waals surface area contributed by atoms with Crippen LogP contribution in [0.25, 0.3) is 11.4 Å². The summed E-state index contributed by atoms with van der Waals surface area (Å²) in [5.41, 5.74) is 3.24. The highest BCUT2D eigenvalue weighted by molar-refractivity contribution is 5.97. The second-order valence-electron chi connectivity index (χ2n) is 10.6. The Morgan fingerprint density at radius 1 is 1.11 bits per heavy atom. The molecule has 37 heavy (non-hydrogen) atoms. The van der Waals surface area contributed by atoms with Crippen LogP contribution in [0.1, 0.15) is 35.3 Å². The first-order valence-electron chi connectivity index (χ1n) is 13.1. The number of nitrogens with one attached hydrogen (secondary N) is 2. The van der Waals surface area contributed by atoms with E-state index in [0.29, 0.717) is 30.0 Å². The molecule has 6 rings (SSSR count). The minimum absolute atomic E-state index is 0.143. The highest BCUT2D eigenvalue weighted by Gasteiger charge is 2.29. The molecule has 10 heteroatoms. The average molecular weight is 505 g/mol. The van der Waals surface area contributed by atoms with Crippen molar-refractivity contribution in [2.75, 3.05) is 50.0 Å². The lowest BCUT2D eigenvalue weighted by Crippen LogP contribution is -2.45. The number of fused-ring (bicyclic) bond motifs is 1. The van der Waals surface area contributed by atoms with Crippen LogP contribution in [0.5, 0.6) is 0 Å². The van der Waals surface area contributed by atoms with E-state index in [9.17, 15) is 9.18 Å². The predicted octanol–water partition coefficient (Wildman–Crippen LogP) is 3.21. The number of likely N-dealkylation sites (tertiary alicyclic amines) is 1. The molecule has 0 saturated carbocycles. The molecule has 194 valence electrons. The van der Waals surface area contributed by atoms with Crippen LogP contribution in [-0.2, 0) is 13.5 Å². The Morgan fingerprint density at radius 3 is 2.62 bits per heavy atom. The van der Waals surface area contributed by atoms with E-state index in [-0.39, 0.29) is 17.5 Å². The van der Waals surface area contributed by atoms with E-state index < -0.39 is 5.82 Å². The van der Waals surface area contributed by atoms with Crippen LogP contribution in [0, 0.1) is 17.7 Å². The van der Waals surface area contributed by atoms with Crippen LogP contribution < -0.4 is 15.5 Å². The van der Waals surface area contributed by atoms with E-state index in [4.69, 9.17) is 0 Å². The molecule has 0 spiro atoms. The molecule has 3 aliphatic rings. The molecule has 2 saturated heterocycles. The van der Waals surface area contributed by atoms with Gasteiger partial charge in [-0.05, 0) is 56.3 Å². The van der Waals surface area contributed by atoms with Crippen LogP contribution in [-0.4, -0.2) is 70.1 Å². The molecule has 9 nitrogen and oxygen atoms in total. The molecule has 3 aliphatic heterocycles. The Morgan fingerprint density at radius 2 is 1.92 bits per heavy atom. The van der Waals surface area contributed by atoms with Gasteiger partial charge in [0.25, 0.3) is 5.91 Å². The number of carbonyl (C=O) groups excluding carboxylic acids is 1. The molecule has 3 aromatic heterocycles. The summed E-state index contributed by atoms with van der Waals surface area (Å²) in [4.78, 5) is 30.1. The van der Waals surface area contributed by atoms with Crippen molar-refractivity contribution in [3.05, 3.63) is 47.7 Å². The van der Waals surface area contributed by atoms with E-state index in [2.05, 4.69) is 48.5 Å². The minimum Gasteiger partial charge on any atom is -0.370 e. The molecule has 3 aromatic rings. The lowest BCUT2D eigenvalue weighted by molar-refractivity contribution is 0.0945. The molecule has 1 amide bonds. The first-order chi connectivity index (χ1) is 17.9. The van der Waals surface area contributed by atoms with Crippen LogP contribution >= 0.6 is 0 Å². The van der Waals surface area contributed by atoms with Gasteiger partial charge in [0, 0.05) is 51.9 Å². The second-order valence-corrected chi connectivity index (χ2v) is 10.6. The summed E-state index contributed by atoms with van der Waals surface area (Å²) in [6.07, 6.45) is 7.54. The van der Waals surface area contributed by atoms with Gasteiger partial charge in [-0.25, -0.2) is 19.3 Å². The van der Waals surface area contributed by atoms with Gasteiger partial charge in [0.1, 0.15) is 11.5 Å². The van der Waals surface area contributed by atoms with Gasteiger partial charge in [-0.15, -0.1) is 0 Å². The fourth-order valence-corrected chi connectivity index (χ4v) is 6.00. The quantitative estimate of drug-likeness (QED) is 0.533. The van der Waals surface area contributed by atoms with E-state index in [1.807, 2.05) is 23.9 Å². The predicted molar refractivity (Wildman–Crippen MR) is 140 cm³/mol. The number of hydrogen-bond acceptors (Lipinski definition) is 7. The maximum Gasteiger partial charge on any atom is 0.253 e. The fourth-order valence-electron chi connectivity index (χ4n) is 6.00. The Balaban J connectivity index is 1.11. The molecule has 0 aliphatic carbocycles. The fraction of sp³-hybridized carbons (Fsp3) is 0.481. The molecule has 0 radical (unpaired) electrons. The van der Waals surface area contributed by atoms with Crippen molar-refractivity contribution in [3.63, 3.8) is 0 Å². The van der Waals surface area contributed by atoms with Gasteiger partial charge in [-0.3, -0.25) is 4.79 Å². The molecule has 2 N–H and O–H groups in total. The van der Waals surface area contributed by atoms with Crippen molar-refractivity contribution >= 4 is 23.4 Å². The zero-order valence-electron chi connectivity index (χ0n) is 21.4. The summed E-state index contributed by atoms with van der Waals surface area (Å²) < 4.78 is 16.6. The molecular formula is C27H33FN8O. The van der Waals surface area contributed by atoms with Gasteiger partial charge in [-0.2, -0.15) is 0 Å². The third-order valence-electron chi connectivity index (χ3n) is 8.01. The zero-order chi connectivity index (χ0) is 25.5. The van der Waals surface area contributed by atoms with Crippen molar-refractivity contribution in [2.45, 2.75) is 25.7 Å². The average Bonchev–Trinajstić information content (AvgIpc) is 3.23. The van der Waals surface area contributed by atoms with E-state index in [1.54, 1.807) is 6.07 Å². The number of amides is 1. The van der Waals surface area contributed by atoms with E-state index >= 15 is 0 Å².